The largest absolute Gasteiger partial charge is 0.480 e. The summed E-state index contributed by atoms with van der Waals surface area (Å²) in [7, 11) is 0. The highest BCUT2D eigenvalue weighted by molar-refractivity contribution is 7.12. The van der Waals surface area contributed by atoms with E-state index in [-0.39, 0.29) is 27.1 Å². The molecule has 0 aliphatic rings. The zero-order valence-electron chi connectivity index (χ0n) is 15.8. The van der Waals surface area contributed by atoms with Crippen molar-refractivity contribution in [2.24, 2.45) is 11.5 Å². The molecule has 0 radical (unpaired) electrons. The maximum atomic E-state index is 12.2. The van der Waals surface area contributed by atoms with E-state index in [1.807, 2.05) is 0 Å². The Bertz CT molecular complexity index is 861. The molecule has 164 valence electrons. The van der Waals surface area contributed by atoms with E-state index in [1.165, 1.54) is 23.5 Å². The number of benzene rings is 1. The van der Waals surface area contributed by atoms with E-state index < -0.39 is 24.6 Å². The fourth-order valence-electron chi connectivity index (χ4n) is 2.13. The molecule has 2 aromatic rings. The molecule has 0 fully saturated rings. The molecule has 1 unspecified atom stereocenters. The van der Waals surface area contributed by atoms with Crippen LogP contribution in [0, 0.1) is 0 Å². The van der Waals surface area contributed by atoms with Gasteiger partial charge in [-0.25, -0.2) is 4.79 Å². The molecule has 0 aliphatic carbocycles. The van der Waals surface area contributed by atoms with Crippen molar-refractivity contribution in [3.05, 3.63) is 50.1 Å². The first-order valence-corrected chi connectivity index (χ1v) is 10.4. The number of hydrogen-bond donors (Lipinski definition) is 4. The van der Waals surface area contributed by atoms with E-state index in [0.717, 1.165) is 12.8 Å². The van der Waals surface area contributed by atoms with Crippen LogP contribution in [0.5, 0.6) is 5.75 Å². The van der Waals surface area contributed by atoms with E-state index in [4.69, 9.17) is 49.6 Å². The molecule has 0 aliphatic heterocycles. The Labute approximate surface area is 187 Å². The average molecular weight is 477 g/mol. The summed E-state index contributed by atoms with van der Waals surface area (Å²) in [6.07, 6.45) is 2.16. The van der Waals surface area contributed by atoms with Crippen LogP contribution in [0.4, 0.5) is 0 Å². The Morgan fingerprint density at radius 2 is 1.80 bits per heavy atom. The number of carboxylic acid groups (broad SMARTS) is 2. The molecule has 1 heterocycles. The van der Waals surface area contributed by atoms with Crippen LogP contribution < -0.4 is 16.2 Å². The van der Waals surface area contributed by atoms with E-state index >= 15 is 0 Å². The van der Waals surface area contributed by atoms with Gasteiger partial charge in [0.2, 0.25) is 5.78 Å². The first-order chi connectivity index (χ1) is 14.2. The molecule has 6 N–H and O–H groups in total. The first-order valence-electron chi connectivity index (χ1n) is 8.78. The number of hydrogen-bond acceptors (Lipinski definition) is 7. The smallest absolute Gasteiger partial charge is 0.341 e. The molecule has 0 bridgehead atoms. The van der Waals surface area contributed by atoms with E-state index in [0.29, 0.717) is 17.8 Å². The first kappa shape index (κ1) is 25.9. The minimum absolute atomic E-state index is 0.0234. The van der Waals surface area contributed by atoms with Crippen molar-refractivity contribution in [3.8, 4) is 5.75 Å². The monoisotopic (exact) mass is 476 g/mol. The molecule has 2 rings (SSSR count). The van der Waals surface area contributed by atoms with Crippen molar-refractivity contribution >= 4 is 52.3 Å². The molecule has 0 saturated carbocycles. The molecule has 0 saturated heterocycles. The standard InChI is InChI=1S/C13H8Cl2O4S.C6H14N2O2/c14-11-7(13(18)9-2-1-5-20-9)3-4-8(12(11)15)19-6-10(16)17;7-4-2-1-3-5(8)6(9)10/h1-5H,6H2,(H,16,17);5H,1-4,7-8H2,(H,9,10). The number of halogens is 2. The summed E-state index contributed by atoms with van der Waals surface area (Å²) in [5.41, 5.74) is 10.7. The number of ether oxygens (including phenoxy) is 1. The molecular formula is C19H22Cl2N2O6S. The summed E-state index contributed by atoms with van der Waals surface area (Å²) in [5, 5.41) is 18.7. The van der Waals surface area contributed by atoms with Gasteiger partial charge in [-0.3, -0.25) is 9.59 Å². The van der Waals surface area contributed by atoms with Gasteiger partial charge >= 0.3 is 11.9 Å². The van der Waals surface area contributed by atoms with Crippen molar-refractivity contribution < 1.29 is 29.3 Å². The van der Waals surface area contributed by atoms with Gasteiger partial charge in [-0.15, -0.1) is 11.3 Å². The summed E-state index contributed by atoms with van der Waals surface area (Å²) >= 11 is 13.3. The topological polar surface area (TPSA) is 153 Å². The predicted octanol–water partition coefficient (Wildman–Crippen LogP) is 3.28. The molecule has 1 atom stereocenters. The average Bonchev–Trinajstić information content (AvgIpc) is 3.24. The third-order valence-electron chi connectivity index (χ3n) is 3.67. The molecule has 1 aromatic heterocycles. The lowest BCUT2D eigenvalue weighted by Gasteiger charge is -2.09. The van der Waals surface area contributed by atoms with Crippen LogP contribution in [0.1, 0.15) is 34.5 Å². The second-order valence-electron chi connectivity index (χ2n) is 5.96. The number of aliphatic carboxylic acids is 2. The zero-order chi connectivity index (χ0) is 22.7. The van der Waals surface area contributed by atoms with Crippen LogP contribution in [-0.4, -0.2) is 47.1 Å². The van der Waals surface area contributed by atoms with Gasteiger partial charge in [0.1, 0.15) is 16.8 Å². The fraction of sp³-hybridized carbons (Fsp3) is 0.316. The van der Waals surface area contributed by atoms with Gasteiger partial charge in [0, 0.05) is 5.56 Å². The quantitative estimate of drug-likeness (QED) is 0.300. The number of ketones is 1. The normalized spacial score (nSPS) is 11.2. The maximum absolute atomic E-state index is 12.2. The van der Waals surface area contributed by atoms with E-state index in [9.17, 15) is 14.4 Å². The number of nitrogens with two attached hydrogens (primary N) is 2. The highest BCUT2D eigenvalue weighted by Crippen LogP contribution is 2.36. The van der Waals surface area contributed by atoms with Gasteiger partial charge < -0.3 is 26.4 Å². The number of thiophene rings is 1. The van der Waals surface area contributed by atoms with Gasteiger partial charge in [-0.1, -0.05) is 35.7 Å². The summed E-state index contributed by atoms with van der Waals surface area (Å²) in [6.45, 7) is 0.0700. The minimum atomic E-state index is -1.13. The molecule has 0 spiro atoms. The van der Waals surface area contributed by atoms with Crippen molar-refractivity contribution in [1.82, 2.24) is 0 Å². The predicted molar refractivity (Wildman–Crippen MR) is 116 cm³/mol. The molecule has 30 heavy (non-hydrogen) atoms. The Morgan fingerprint density at radius 3 is 2.33 bits per heavy atom. The van der Waals surface area contributed by atoms with Crippen LogP contribution in [-0.2, 0) is 9.59 Å². The third kappa shape index (κ3) is 8.29. The SMILES string of the molecule is NCCCCC(N)C(=O)O.O=C(O)COc1ccc(C(=O)c2cccs2)c(Cl)c1Cl. The van der Waals surface area contributed by atoms with Crippen molar-refractivity contribution in [2.45, 2.75) is 25.3 Å². The van der Waals surface area contributed by atoms with Gasteiger partial charge in [0.15, 0.2) is 6.61 Å². The maximum Gasteiger partial charge on any atom is 0.341 e. The summed E-state index contributed by atoms with van der Waals surface area (Å²) in [6, 6.07) is 5.63. The van der Waals surface area contributed by atoms with Crippen molar-refractivity contribution in [2.75, 3.05) is 13.2 Å². The summed E-state index contributed by atoms with van der Waals surface area (Å²) in [4.78, 5) is 33.3. The Balaban J connectivity index is 0.000000382. The van der Waals surface area contributed by atoms with E-state index in [2.05, 4.69) is 0 Å². The summed E-state index contributed by atoms with van der Waals surface area (Å²) < 4.78 is 4.98. The fourth-order valence-corrected chi connectivity index (χ4v) is 3.27. The molecule has 8 nitrogen and oxygen atoms in total. The van der Waals surface area contributed by atoms with Crippen LogP contribution in [0.15, 0.2) is 29.6 Å². The number of carboxylic acids is 2. The van der Waals surface area contributed by atoms with E-state index in [1.54, 1.807) is 17.5 Å². The lowest BCUT2D eigenvalue weighted by atomic mass is 10.1. The van der Waals surface area contributed by atoms with Gasteiger partial charge in [-0.05, 0) is 43.0 Å². The van der Waals surface area contributed by atoms with Gasteiger partial charge in [-0.2, -0.15) is 0 Å². The highest BCUT2D eigenvalue weighted by Gasteiger charge is 2.19. The minimum Gasteiger partial charge on any atom is -0.480 e. The number of carbonyl (C=O) groups is 3. The molecule has 0 amide bonds. The Hall–Kier alpha value is -2.17. The van der Waals surface area contributed by atoms with Crippen LogP contribution in [0.3, 0.4) is 0 Å². The zero-order valence-corrected chi connectivity index (χ0v) is 18.2. The number of carbonyl (C=O) groups excluding carboxylic acids is 1. The molecule has 1 aromatic carbocycles. The second kappa shape index (κ2) is 13.2. The molecular weight excluding hydrogens is 455 g/mol. The van der Waals surface area contributed by atoms with Gasteiger partial charge in [0.05, 0.1) is 9.90 Å². The third-order valence-corrected chi connectivity index (χ3v) is 5.41. The molecule has 11 heteroatoms. The van der Waals surface area contributed by atoms with Crippen LogP contribution in [0.25, 0.3) is 0 Å². The Kier molecular flexibility index (Phi) is 11.4. The summed E-state index contributed by atoms with van der Waals surface area (Å²) in [5.74, 6) is -2.17. The lowest BCUT2D eigenvalue weighted by Crippen LogP contribution is -2.29. The van der Waals surface area contributed by atoms with Gasteiger partial charge in [0.25, 0.3) is 0 Å². The van der Waals surface area contributed by atoms with Crippen LogP contribution in [0.2, 0.25) is 10.0 Å². The van der Waals surface area contributed by atoms with Crippen molar-refractivity contribution in [3.63, 3.8) is 0 Å². The number of rotatable bonds is 10. The number of unbranched alkanes of at least 4 members (excludes halogenated alkanes) is 1. The van der Waals surface area contributed by atoms with Crippen LogP contribution >= 0.6 is 34.5 Å². The highest BCUT2D eigenvalue weighted by atomic mass is 35.5. The van der Waals surface area contributed by atoms with Crippen molar-refractivity contribution in [1.29, 1.82) is 0 Å². The Morgan fingerprint density at radius 1 is 1.10 bits per heavy atom. The lowest BCUT2D eigenvalue weighted by molar-refractivity contribution is -0.140. The second-order valence-corrected chi connectivity index (χ2v) is 7.66.